The van der Waals surface area contributed by atoms with Crippen molar-refractivity contribution in [2.75, 3.05) is 0 Å². The van der Waals surface area contributed by atoms with E-state index < -0.39 is 23.9 Å². The van der Waals surface area contributed by atoms with E-state index >= 15 is 0 Å². The van der Waals surface area contributed by atoms with Gasteiger partial charge in [-0.15, -0.1) is 0 Å². The third kappa shape index (κ3) is 8.32. The van der Waals surface area contributed by atoms with E-state index in [4.69, 9.17) is 34.1 Å². The van der Waals surface area contributed by atoms with Crippen molar-refractivity contribution in [2.24, 2.45) is 0 Å². The van der Waals surface area contributed by atoms with Gasteiger partial charge in [-0.05, 0) is 0 Å². The van der Waals surface area contributed by atoms with Crippen molar-refractivity contribution in [3.8, 4) is 0 Å². The quantitative estimate of drug-likeness (QED) is 0.294. The summed E-state index contributed by atoms with van der Waals surface area (Å²) in [6.45, 7) is 0. The van der Waals surface area contributed by atoms with Crippen LogP contribution in [0.5, 0.6) is 0 Å². The number of rotatable bonds is 2. The van der Waals surface area contributed by atoms with E-state index in [-0.39, 0.29) is 7.25 Å². The summed E-state index contributed by atoms with van der Waals surface area (Å²) in [5.41, 5.74) is 0. The topological polar surface area (TPSA) is 0 Å². The van der Waals surface area contributed by atoms with E-state index in [9.17, 15) is 0 Å². The van der Waals surface area contributed by atoms with Gasteiger partial charge in [-0.3, -0.25) is 0 Å². The number of hydrogen-bond donors (Lipinski definition) is 0. The van der Waals surface area contributed by atoms with Gasteiger partial charge >= 0.3 is 160 Å². The summed E-state index contributed by atoms with van der Waals surface area (Å²) < 4.78 is 20.8. The fraction of sp³-hybridized carbons (Fsp3) is 0.600. The molecule has 0 aliphatic heterocycles. The van der Waals surface area contributed by atoms with Crippen molar-refractivity contribution in [3.63, 3.8) is 0 Å². The van der Waals surface area contributed by atoms with Crippen LogP contribution in [0.2, 0.25) is 53.6 Å². The van der Waals surface area contributed by atoms with E-state index in [0.29, 0.717) is 0 Å². The van der Waals surface area contributed by atoms with Crippen molar-refractivity contribution >= 4 is 34.1 Å². The van der Waals surface area contributed by atoms with Gasteiger partial charge in [-0.1, -0.05) is 0 Å². The predicted molar refractivity (Wildman–Crippen MR) is 126 cm³/mol. The second kappa shape index (κ2) is 3.49. The Balaban J connectivity index is 0.000000260. The van der Waals surface area contributed by atoms with Gasteiger partial charge in [0, 0.05) is 0 Å². The van der Waals surface area contributed by atoms with E-state index in [1.165, 1.54) is 0 Å². The first-order valence-electron chi connectivity index (χ1n) is 9.67. The SMILES string of the molecule is [CH3][Zr]([CH3])([CH3])([CH3])([CH3])([Cl])([Cl])[CH]1C=CC=C1.[CH3][Zr]([CH3])([CH3])([CH3])([CH3])([Cl])([Cl])[CH]1C=CC=C1. The van der Waals surface area contributed by atoms with Crippen LogP contribution in [-0.4, -0.2) is 0 Å². The number of halogens is 4. The molecule has 0 N–H and O–H groups in total. The molecule has 6 heteroatoms. The van der Waals surface area contributed by atoms with Crippen molar-refractivity contribution < 1.29 is 23.9 Å². The summed E-state index contributed by atoms with van der Waals surface area (Å²) >= 11 is -9.79. The van der Waals surface area contributed by atoms with Crippen LogP contribution >= 0.6 is 34.1 Å². The van der Waals surface area contributed by atoms with Gasteiger partial charge in [-0.25, -0.2) is 0 Å². The molecule has 2 aliphatic rings. The van der Waals surface area contributed by atoms with Gasteiger partial charge in [0.2, 0.25) is 0 Å². The summed E-state index contributed by atoms with van der Waals surface area (Å²) in [6, 6.07) is 0. The molecule has 2 aliphatic carbocycles. The summed E-state index contributed by atoms with van der Waals surface area (Å²) in [6.07, 6.45) is 16.5. The molecule has 0 atom stereocenters. The van der Waals surface area contributed by atoms with Gasteiger partial charge in [0.1, 0.15) is 0 Å². The van der Waals surface area contributed by atoms with Crippen LogP contribution in [0.1, 0.15) is 0 Å². The average Bonchev–Trinajstić information content (AvgIpc) is 2.83. The minimum atomic E-state index is -4.90. The van der Waals surface area contributed by atoms with Crippen molar-refractivity contribution in [2.45, 2.75) is 53.6 Å². The maximum absolute atomic E-state index is 7.00. The Labute approximate surface area is 157 Å². The Hall–Kier alpha value is 1.89. The molecule has 156 valence electrons. The van der Waals surface area contributed by atoms with Gasteiger partial charge in [-0.2, -0.15) is 0 Å². The van der Waals surface area contributed by atoms with Gasteiger partial charge in [0.15, 0.2) is 0 Å². The molecule has 0 fully saturated rings. The molecule has 0 radical (unpaired) electrons. The van der Waals surface area contributed by atoms with Crippen LogP contribution in [0, 0.1) is 0 Å². The van der Waals surface area contributed by atoms with E-state index in [1.807, 2.05) is 24.3 Å². The van der Waals surface area contributed by atoms with Crippen molar-refractivity contribution in [3.05, 3.63) is 48.6 Å². The maximum atomic E-state index is 7.00. The monoisotopic (exact) mass is 600 g/mol. The molecule has 0 saturated heterocycles. The zero-order chi connectivity index (χ0) is 21.5. The standard InChI is InChI=1S/2C5H5.10CH3.4ClH.2Zr/c2*1-2-4-5-3-1;;;;;;;;;;;;;;;;/h2*1-5H;10*1H3;4*1H;;/q;;;;;;;;;;;;;;;;2*+2/p-4. The first kappa shape index (κ1) is 25.9. The Morgan fingerprint density at radius 2 is 0.577 bits per heavy atom. The molecule has 2 rings (SSSR count). The molecular weight excluding hydrogens is 564 g/mol. The first-order valence-corrected chi connectivity index (χ1v) is 49.7. The Morgan fingerprint density at radius 1 is 0.423 bits per heavy atom. The summed E-state index contributed by atoms with van der Waals surface area (Å²) in [5, 5.41) is 0. The number of hydrogen-bond acceptors (Lipinski definition) is 0. The van der Waals surface area contributed by atoms with Crippen molar-refractivity contribution in [1.82, 2.24) is 0 Å². The van der Waals surface area contributed by atoms with Crippen LogP contribution in [0.25, 0.3) is 0 Å². The molecular formula is C20H40Cl4Zr2. The summed E-state index contributed by atoms with van der Waals surface area (Å²) in [7, 11) is 28.0. The van der Waals surface area contributed by atoms with Crippen LogP contribution in [0.3, 0.4) is 0 Å². The van der Waals surface area contributed by atoms with Crippen LogP contribution in [0.15, 0.2) is 48.6 Å². The fourth-order valence-corrected chi connectivity index (χ4v) is 18.5. The molecule has 0 aromatic rings. The molecule has 0 bridgehead atoms. The van der Waals surface area contributed by atoms with Gasteiger partial charge < -0.3 is 0 Å². The average molecular weight is 605 g/mol. The van der Waals surface area contributed by atoms with Gasteiger partial charge in [0.25, 0.3) is 0 Å². The second-order valence-corrected chi connectivity index (χ2v) is 165. The number of allylic oxidation sites excluding steroid dienone is 8. The predicted octanol–water partition coefficient (Wildman–Crippen LogP) is 11.5. The minimum absolute atomic E-state index is 0.146. The Morgan fingerprint density at radius 3 is 0.654 bits per heavy atom. The van der Waals surface area contributed by atoms with Crippen LogP contribution < -0.4 is 0 Å². The first-order chi connectivity index (χ1) is 9.99. The molecule has 0 nitrogen and oxygen atoms in total. The Kier molecular flexibility index (Phi) is 3.48. The second-order valence-electron chi connectivity index (χ2n) is 19.8. The molecule has 0 aromatic carbocycles. The molecule has 0 spiro atoms. The Bertz CT molecular complexity index is 723. The summed E-state index contributed by atoms with van der Waals surface area (Å²) in [4.78, 5) is 0. The molecule has 0 aromatic heterocycles. The third-order valence-electron chi connectivity index (χ3n) is 5.33. The zero-order valence-electron chi connectivity index (χ0n) is 18.3. The van der Waals surface area contributed by atoms with E-state index in [0.717, 1.165) is 0 Å². The van der Waals surface area contributed by atoms with E-state index in [1.54, 1.807) is 0 Å². The summed E-state index contributed by atoms with van der Waals surface area (Å²) in [5.74, 6) is 0. The van der Waals surface area contributed by atoms with Crippen LogP contribution in [0.4, 0.5) is 0 Å². The molecule has 0 amide bonds. The molecule has 0 saturated carbocycles. The van der Waals surface area contributed by atoms with Crippen molar-refractivity contribution in [1.29, 1.82) is 0 Å². The van der Waals surface area contributed by atoms with Gasteiger partial charge in [0.05, 0.1) is 0 Å². The fourth-order valence-electron chi connectivity index (χ4n) is 3.08. The third-order valence-corrected chi connectivity index (χ3v) is 32.1. The molecule has 0 heterocycles. The van der Waals surface area contributed by atoms with E-state index in [2.05, 4.69) is 70.6 Å². The normalized spacial score (nSPS) is 30.4. The molecule has 0 unspecified atom stereocenters. The zero-order valence-corrected chi connectivity index (χ0v) is 26.2. The molecule has 26 heavy (non-hydrogen) atoms. The van der Waals surface area contributed by atoms with Crippen LogP contribution in [-0.2, 0) is 23.9 Å².